The molecule has 3 unspecified atom stereocenters. The summed E-state index contributed by atoms with van der Waals surface area (Å²) in [5.74, 6) is 0.513. The lowest BCUT2D eigenvalue weighted by molar-refractivity contribution is 0.0944. The molecule has 0 radical (unpaired) electrons. The van der Waals surface area contributed by atoms with Crippen LogP contribution in [0.5, 0.6) is 0 Å². The minimum absolute atomic E-state index is 0.300. The van der Waals surface area contributed by atoms with Gasteiger partial charge in [-0.15, -0.1) is 5.10 Å². The number of nitrogens with one attached hydrogen (secondary N) is 1. The molecule has 5 heteroatoms. The first-order valence-electron chi connectivity index (χ1n) is 7.01. The fraction of sp³-hybridized carbons (Fsp3) is 0.846. The van der Waals surface area contributed by atoms with Crippen molar-refractivity contribution in [2.45, 2.75) is 52.3 Å². The molecule has 0 spiro atoms. The molecule has 2 rings (SSSR count). The van der Waals surface area contributed by atoms with E-state index < -0.39 is 0 Å². The molecular formula is C13H24N4O. The highest BCUT2D eigenvalue weighted by molar-refractivity contribution is 5.06. The number of aryl methyl sites for hydroxylation is 1. The van der Waals surface area contributed by atoms with Gasteiger partial charge in [0, 0.05) is 19.1 Å². The van der Waals surface area contributed by atoms with Gasteiger partial charge in [0.2, 0.25) is 0 Å². The van der Waals surface area contributed by atoms with Crippen LogP contribution in [0.2, 0.25) is 0 Å². The lowest BCUT2D eigenvalue weighted by Gasteiger charge is -2.26. The van der Waals surface area contributed by atoms with Crippen LogP contribution in [0.25, 0.3) is 0 Å². The molecule has 0 aliphatic carbocycles. The van der Waals surface area contributed by atoms with Gasteiger partial charge >= 0.3 is 0 Å². The van der Waals surface area contributed by atoms with Crippen molar-refractivity contribution in [3.63, 3.8) is 0 Å². The molecule has 3 atom stereocenters. The normalized spacial score (nSPS) is 25.5. The minimum Gasteiger partial charge on any atom is -0.378 e. The lowest BCUT2D eigenvalue weighted by atomic mass is 9.91. The van der Waals surface area contributed by atoms with Crippen molar-refractivity contribution >= 4 is 0 Å². The Morgan fingerprint density at radius 2 is 2.39 bits per heavy atom. The molecule has 1 fully saturated rings. The lowest BCUT2D eigenvalue weighted by Crippen LogP contribution is -2.33. The average molecular weight is 252 g/mol. The van der Waals surface area contributed by atoms with Crippen LogP contribution in [0.4, 0.5) is 0 Å². The highest BCUT2D eigenvalue weighted by Gasteiger charge is 2.34. The first kappa shape index (κ1) is 13.5. The molecule has 5 nitrogen and oxygen atoms in total. The standard InChI is InChI=1S/C13H24N4O/c1-4-7-17-12(9-15-16-17)13(14-5-2)11-6-8-18-10(11)3/h9-11,13-14H,4-8H2,1-3H3. The molecule has 2 heterocycles. The van der Waals surface area contributed by atoms with Crippen molar-refractivity contribution in [3.05, 3.63) is 11.9 Å². The molecule has 102 valence electrons. The van der Waals surface area contributed by atoms with Gasteiger partial charge in [-0.1, -0.05) is 19.1 Å². The van der Waals surface area contributed by atoms with Crippen LogP contribution in [-0.2, 0) is 11.3 Å². The Balaban J connectivity index is 2.20. The molecule has 1 aromatic heterocycles. The number of hydrogen-bond acceptors (Lipinski definition) is 4. The summed E-state index contributed by atoms with van der Waals surface area (Å²) in [4.78, 5) is 0. The maximum Gasteiger partial charge on any atom is 0.0760 e. The van der Waals surface area contributed by atoms with E-state index in [0.717, 1.165) is 32.5 Å². The zero-order valence-corrected chi connectivity index (χ0v) is 11.6. The SMILES string of the molecule is CCCn1nncc1C(NCC)C1CCOC1C. The van der Waals surface area contributed by atoms with Crippen LogP contribution >= 0.6 is 0 Å². The van der Waals surface area contributed by atoms with Crippen molar-refractivity contribution in [2.24, 2.45) is 5.92 Å². The maximum atomic E-state index is 5.70. The Bertz CT molecular complexity index is 366. The van der Waals surface area contributed by atoms with E-state index in [1.807, 2.05) is 10.9 Å². The Kier molecular flexibility index (Phi) is 4.72. The zero-order valence-electron chi connectivity index (χ0n) is 11.6. The summed E-state index contributed by atoms with van der Waals surface area (Å²) in [6.07, 6.45) is 4.38. The van der Waals surface area contributed by atoms with Crippen LogP contribution in [0.3, 0.4) is 0 Å². The van der Waals surface area contributed by atoms with Gasteiger partial charge in [-0.25, -0.2) is 4.68 Å². The smallest absolute Gasteiger partial charge is 0.0760 e. The van der Waals surface area contributed by atoms with Gasteiger partial charge < -0.3 is 10.1 Å². The topological polar surface area (TPSA) is 52.0 Å². The Hall–Kier alpha value is -0.940. The second kappa shape index (κ2) is 6.29. The third kappa shape index (κ3) is 2.72. The quantitative estimate of drug-likeness (QED) is 0.838. The Labute approximate surface area is 109 Å². The van der Waals surface area contributed by atoms with Crippen LogP contribution < -0.4 is 5.32 Å². The van der Waals surface area contributed by atoms with E-state index >= 15 is 0 Å². The molecule has 18 heavy (non-hydrogen) atoms. The van der Waals surface area contributed by atoms with Crippen LogP contribution in [0.15, 0.2) is 6.20 Å². The van der Waals surface area contributed by atoms with E-state index in [2.05, 4.69) is 36.4 Å². The monoisotopic (exact) mass is 252 g/mol. The summed E-state index contributed by atoms with van der Waals surface area (Å²) in [6.45, 7) is 9.21. The molecule has 0 amide bonds. The van der Waals surface area contributed by atoms with Gasteiger partial charge in [0.25, 0.3) is 0 Å². The number of hydrogen-bond donors (Lipinski definition) is 1. The van der Waals surface area contributed by atoms with Crippen molar-refractivity contribution in [1.82, 2.24) is 20.3 Å². The highest BCUT2D eigenvalue weighted by Crippen LogP contribution is 2.32. The Morgan fingerprint density at radius 1 is 1.56 bits per heavy atom. The van der Waals surface area contributed by atoms with Gasteiger partial charge in [-0.2, -0.15) is 0 Å². The fourth-order valence-corrected chi connectivity index (χ4v) is 2.77. The number of aromatic nitrogens is 3. The van der Waals surface area contributed by atoms with Crippen molar-refractivity contribution in [1.29, 1.82) is 0 Å². The predicted octanol–water partition coefficient (Wildman–Crippen LogP) is 1.76. The average Bonchev–Trinajstić information content (AvgIpc) is 2.96. The summed E-state index contributed by atoms with van der Waals surface area (Å²) in [7, 11) is 0. The second-order valence-corrected chi connectivity index (χ2v) is 4.95. The number of rotatable bonds is 6. The van der Waals surface area contributed by atoms with Crippen molar-refractivity contribution < 1.29 is 4.74 Å². The molecule has 1 aliphatic rings. The first-order valence-corrected chi connectivity index (χ1v) is 7.01. The van der Waals surface area contributed by atoms with E-state index in [1.165, 1.54) is 5.69 Å². The third-order valence-electron chi connectivity index (χ3n) is 3.69. The van der Waals surface area contributed by atoms with E-state index in [-0.39, 0.29) is 0 Å². The molecule has 1 saturated heterocycles. The van der Waals surface area contributed by atoms with E-state index in [4.69, 9.17) is 4.74 Å². The molecule has 0 bridgehead atoms. The Morgan fingerprint density at radius 3 is 3.00 bits per heavy atom. The van der Waals surface area contributed by atoms with Crippen molar-refractivity contribution in [2.75, 3.05) is 13.2 Å². The second-order valence-electron chi connectivity index (χ2n) is 4.95. The van der Waals surface area contributed by atoms with Crippen LogP contribution in [0, 0.1) is 5.92 Å². The summed E-state index contributed by atoms with van der Waals surface area (Å²) in [5, 5.41) is 11.8. The summed E-state index contributed by atoms with van der Waals surface area (Å²) >= 11 is 0. The van der Waals surface area contributed by atoms with Gasteiger partial charge in [-0.3, -0.25) is 0 Å². The maximum absolute atomic E-state index is 5.70. The molecule has 0 saturated carbocycles. The molecule has 1 N–H and O–H groups in total. The van der Waals surface area contributed by atoms with E-state index in [9.17, 15) is 0 Å². The van der Waals surface area contributed by atoms with Gasteiger partial charge in [0.05, 0.1) is 24.0 Å². The van der Waals surface area contributed by atoms with Crippen molar-refractivity contribution in [3.8, 4) is 0 Å². The highest BCUT2D eigenvalue weighted by atomic mass is 16.5. The van der Waals surface area contributed by atoms with E-state index in [1.54, 1.807) is 0 Å². The summed E-state index contributed by atoms with van der Waals surface area (Å²) < 4.78 is 7.73. The van der Waals surface area contributed by atoms with Crippen LogP contribution in [-0.4, -0.2) is 34.2 Å². The fourth-order valence-electron chi connectivity index (χ4n) is 2.77. The number of nitrogens with zero attached hydrogens (tertiary/aromatic N) is 3. The first-order chi connectivity index (χ1) is 8.77. The zero-order chi connectivity index (χ0) is 13.0. The van der Waals surface area contributed by atoms with Gasteiger partial charge in [0.15, 0.2) is 0 Å². The summed E-state index contributed by atoms with van der Waals surface area (Å²) in [6, 6.07) is 0.300. The molecule has 0 aromatic carbocycles. The predicted molar refractivity (Wildman–Crippen MR) is 70.3 cm³/mol. The molecular weight excluding hydrogens is 228 g/mol. The van der Waals surface area contributed by atoms with Gasteiger partial charge in [-0.05, 0) is 26.3 Å². The molecule has 1 aromatic rings. The minimum atomic E-state index is 0.300. The van der Waals surface area contributed by atoms with Gasteiger partial charge in [0.1, 0.15) is 0 Å². The van der Waals surface area contributed by atoms with Crippen LogP contribution in [0.1, 0.15) is 45.3 Å². The largest absolute Gasteiger partial charge is 0.378 e. The summed E-state index contributed by atoms with van der Waals surface area (Å²) in [5.41, 5.74) is 1.20. The number of ether oxygens (including phenoxy) is 1. The van der Waals surface area contributed by atoms with E-state index in [0.29, 0.717) is 18.1 Å². The molecule has 1 aliphatic heterocycles. The third-order valence-corrected chi connectivity index (χ3v) is 3.69.